The highest BCUT2D eigenvalue weighted by Gasteiger charge is 2.35. The lowest BCUT2D eigenvalue weighted by atomic mass is 9.92. The van der Waals surface area contributed by atoms with Gasteiger partial charge in [0.2, 0.25) is 0 Å². The number of para-hydroxylation sites is 1. The standard InChI is InChI=1S/C29H21N3O2S2/c33-28-21-5-3-4-20-24(31-14-16-35-17-15-31)13-12-22(26(20)21)29(34)32(28)19-10-8-18(9-11-19)27-30-23-6-1-2-7-25(23)36-27/h1-13H,14-17H2. The summed E-state index contributed by atoms with van der Waals surface area (Å²) in [4.78, 5) is 35.7. The predicted octanol–water partition coefficient (Wildman–Crippen LogP) is 6.47. The number of carbonyl (C=O) groups is 2. The van der Waals surface area contributed by atoms with Gasteiger partial charge in [0.1, 0.15) is 5.01 Å². The second kappa shape index (κ2) is 8.47. The molecule has 4 aromatic carbocycles. The number of rotatable bonds is 3. The maximum atomic E-state index is 13.7. The fraction of sp³-hybridized carbons (Fsp3) is 0.138. The zero-order valence-electron chi connectivity index (χ0n) is 19.3. The molecular weight excluding hydrogens is 486 g/mol. The third-order valence-electron chi connectivity index (χ3n) is 6.90. The number of carbonyl (C=O) groups excluding carboxylic acids is 2. The van der Waals surface area contributed by atoms with Gasteiger partial charge < -0.3 is 4.90 Å². The van der Waals surface area contributed by atoms with Crippen LogP contribution in [0.2, 0.25) is 0 Å². The molecule has 176 valence electrons. The minimum Gasteiger partial charge on any atom is -0.369 e. The topological polar surface area (TPSA) is 53.5 Å². The lowest BCUT2D eigenvalue weighted by molar-refractivity contribution is 0.0893. The molecule has 0 atom stereocenters. The van der Waals surface area contributed by atoms with E-state index in [1.807, 2.05) is 84.6 Å². The van der Waals surface area contributed by atoms with E-state index in [0.29, 0.717) is 16.8 Å². The number of aromatic nitrogens is 1. The summed E-state index contributed by atoms with van der Waals surface area (Å²) in [5, 5.41) is 2.66. The van der Waals surface area contributed by atoms with E-state index in [2.05, 4.69) is 11.0 Å². The van der Waals surface area contributed by atoms with Gasteiger partial charge in [0.25, 0.3) is 11.8 Å². The number of benzene rings is 4. The van der Waals surface area contributed by atoms with Crippen molar-refractivity contribution >= 4 is 67.3 Å². The van der Waals surface area contributed by atoms with Crippen molar-refractivity contribution in [3.8, 4) is 10.6 Å². The Morgan fingerprint density at radius 2 is 1.50 bits per heavy atom. The summed E-state index contributed by atoms with van der Waals surface area (Å²) >= 11 is 3.59. The van der Waals surface area contributed by atoms with Crippen molar-refractivity contribution in [2.45, 2.75) is 0 Å². The highest BCUT2D eigenvalue weighted by Crippen LogP contribution is 2.39. The molecule has 0 unspecified atom stereocenters. The summed E-state index contributed by atoms with van der Waals surface area (Å²) in [6.07, 6.45) is 0. The average Bonchev–Trinajstić information content (AvgIpc) is 3.37. The molecule has 1 fully saturated rings. The van der Waals surface area contributed by atoms with Crippen LogP contribution in [0, 0.1) is 0 Å². The molecule has 36 heavy (non-hydrogen) atoms. The number of amides is 2. The van der Waals surface area contributed by atoms with Crippen molar-refractivity contribution in [1.29, 1.82) is 0 Å². The van der Waals surface area contributed by atoms with Crippen LogP contribution in [0.4, 0.5) is 11.4 Å². The number of fused-ring (bicyclic) bond motifs is 1. The Bertz CT molecular complexity index is 1610. The van der Waals surface area contributed by atoms with Gasteiger partial charge in [0.05, 0.1) is 15.9 Å². The van der Waals surface area contributed by atoms with Crippen molar-refractivity contribution < 1.29 is 9.59 Å². The summed E-state index contributed by atoms with van der Waals surface area (Å²) in [7, 11) is 0. The van der Waals surface area contributed by atoms with Gasteiger partial charge in [-0.2, -0.15) is 11.8 Å². The van der Waals surface area contributed by atoms with Crippen LogP contribution in [0.15, 0.2) is 78.9 Å². The molecule has 3 heterocycles. The summed E-state index contributed by atoms with van der Waals surface area (Å²) in [5.41, 5.74) is 4.75. The number of thiazole rings is 1. The number of hydrogen-bond donors (Lipinski definition) is 0. The molecule has 7 rings (SSSR count). The molecule has 5 nitrogen and oxygen atoms in total. The van der Waals surface area contributed by atoms with Crippen LogP contribution < -0.4 is 9.80 Å². The number of anilines is 2. The molecule has 1 saturated heterocycles. The first kappa shape index (κ1) is 21.6. The summed E-state index contributed by atoms with van der Waals surface area (Å²) < 4.78 is 1.13. The van der Waals surface area contributed by atoms with E-state index in [9.17, 15) is 9.59 Å². The van der Waals surface area contributed by atoms with E-state index < -0.39 is 0 Å². The molecule has 7 heteroatoms. The number of nitrogens with zero attached hydrogens (tertiary/aromatic N) is 3. The van der Waals surface area contributed by atoms with Crippen molar-refractivity contribution in [2.75, 3.05) is 34.4 Å². The Labute approximate surface area is 216 Å². The lowest BCUT2D eigenvalue weighted by Crippen LogP contribution is -2.40. The van der Waals surface area contributed by atoms with Gasteiger partial charge in [-0.25, -0.2) is 9.88 Å². The lowest BCUT2D eigenvalue weighted by Gasteiger charge is -2.32. The second-order valence-corrected chi connectivity index (χ2v) is 11.2. The van der Waals surface area contributed by atoms with E-state index in [1.54, 1.807) is 11.3 Å². The molecule has 0 spiro atoms. The van der Waals surface area contributed by atoms with Crippen molar-refractivity contribution in [3.05, 3.63) is 90.0 Å². The van der Waals surface area contributed by atoms with Crippen molar-refractivity contribution in [1.82, 2.24) is 4.98 Å². The summed E-state index contributed by atoms with van der Waals surface area (Å²) in [5.74, 6) is 1.61. The highest BCUT2D eigenvalue weighted by molar-refractivity contribution is 7.99. The fourth-order valence-electron chi connectivity index (χ4n) is 5.14. The van der Waals surface area contributed by atoms with Gasteiger partial charge in [-0.05, 0) is 54.6 Å². The Balaban J connectivity index is 1.27. The molecule has 0 radical (unpaired) electrons. The molecule has 0 aliphatic carbocycles. The largest absolute Gasteiger partial charge is 0.369 e. The van der Waals surface area contributed by atoms with Crippen molar-refractivity contribution in [2.24, 2.45) is 0 Å². The Morgan fingerprint density at radius 3 is 2.28 bits per heavy atom. The first-order valence-electron chi connectivity index (χ1n) is 11.9. The Morgan fingerprint density at radius 1 is 0.750 bits per heavy atom. The highest BCUT2D eigenvalue weighted by atomic mass is 32.2. The minimum atomic E-state index is -0.280. The van der Waals surface area contributed by atoms with Crippen LogP contribution in [0.5, 0.6) is 0 Å². The fourth-order valence-corrected chi connectivity index (χ4v) is 7.02. The Hall–Kier alpha value is -3.68. The van der Waals surface area contributed by atoms with Crippen LogP contribution in [0.25, 0.3) is 31.6 Å². The van der Waals surface area contributed by atoms with E-state index in [1.165, 1.54) is 4.90 Å². The quantitative estimate of drug-likeness (QED) is 0.262. The third-order valence-corrected chi connectivity index (χ3v) is 8.93. The van der Waals surface area contributed by atoms with Crippen LogP contribution in [0.3, 0.4) is 0 Å². The van der Waals surface area contributed by atoms with E-state index in [0.717, 1.165) is 61.8 Å². The normalized spacial score (nSPS) is 15.8. The van der Waals surface area contributed by atoms with Gasteiger partial charge in [-0.15, -0.1) is 11.3 Å². The van der Waals surface area contributed by atoms with Crippen molar-refractivity contribution in [3.63, 3.8) is 0 Å². The van der Waals surface area contributed by atoms with Crippen LogP contribution >= 0.6 is 23.1 Å². The van der Waals surface area contributed by atoms with E-state index >= 15 is 0 Å². The maximum Gasteiger partial charge on any atom is 0.265 e. The molecular formula is C29H21N3O2S2. The molecule has 0 saturated carbocycles. The predicted molar refractivity (Wildman–Crippen MR) is 150 cm³/mol. The number of imide groups is 1. The average molecular weight is 508 g/mol. The molecule has 1 aromatic heterocycles. The summed E-state index contributed by atoms with van der Waals surface area (Å²) in [6.45, 7) is 1.94. The Kier molecular flexibility index (Phi) is 5.08. The van der Waals surface area contributed by atoms with Gasteiger partial charge >= 0.3 is 0 Å². The van der Waals surface area contributed by atoms with Gasteiger partial charge in [-0.1, -0.05) is 24.3 Å². The van der Waals surface area contributed by atoms with E-state index in [-0.39, 0.29) is 11.8 Å². The third kappa shape index (κ3) is 3.34. The van der Waals surface area contributed by atoms with Gasteiger partial charge in [0.15, 0.2) is 0 Å². The summed E-state index contributed by atoms with van der Waals surface area (Å²) in [6, 6.07) is 25.3. The van der Waals surface area contributed by atoms with E-state index in [4.69, 9.17) is 4.98 Å². The number of thioether (sulfide) groups is 1. The zero-order chi connectivity index (χ0) is 24.2. The smallest absolute Gasteiger partial charge is 0.265 e. The van der Waals surface area contributed by atoms with Crippen LogP contribution in [0.1, 0.15) is 20.7 Å². The SMILES string of the molecule is O=C1c2cccc3c(N4CCSCC4)ccc(c23)C(=O)N1c1ccc(-c2nc3ccccc3s2)cc1. The van der Waals surface area contributed by atoms with Crippen LogP contribution in [-0.2, 0) is 0 Å². The molecule has 2 aliphatic rings. The van der Waals surface area contributed by atoms with Crippen LogP contribution in [-0.4, -0.2) is 41.4 Å². The molecule has 5 aromatic rings. The van der Waals surface area contributed by atoms with Gasteiger partial charge in [-0.3, -0.25) is 9.59 Å². The maximum absolute atomic E-state index is 13.7. The molecule has 0 N–H and O–H groups in total. The first-order valence-corrected chi connectivity index (χ1v) is 13.9. The zero-order valence-corrected chi connectivity index (χ0v) is 20.9. The first-order chi connectivity index (χ1) is 17.7. The molecule has 0 bridgehead atoms. The number of hydrogen-bond acceptors (Lipinski definition) is 6. The van der Waals surface area contributed by atoms with Gasteiger partial charge in [0, 0.05) is 57.7 Å². The second-order valence-electron chi connectivity index (χ2n) is 8.94. The molecule has 2 amide bonds. The monoisotopic (exact) mass is 507 g/mol. The minimum absolute atomic E-state index is 0.280. The molecule has 2 aliphatic heterocycles.